The Morgan fingerprint density at radius 3 is 2.30 bits per heavy atom. The number of hydrogen-bond donors (Lipinski definition) is 4. The maximum absolute atomic E-state index is 13.1. The van der Waals surface area contributed by atoms with E-state index in [2.05, 4.69) is 19.7 Å². The van der Waals surface area contributed by atoms with Crippen molar-refractivity contribution in [3.8, 4) is 11.1 Å². The maximum atomic E-state index is 13.1. The molecule has 0 aliphatic rings. The Labute approximate surface area is 192 Å². The third-order valence-electron chi connectivity index (χ3n) is 5.39. The van der Waals surface area contributed by atoms with Crippen LogP contribution in [0, 0.1) is 6.92 Å². The van der Waals surface area contributed by atoms with Crippen LogP contribution in [0.2, 0.25) is 5.02 Å². The van der Waals surface area contributed by atoms with Gasteiger partial charge in [-0.3, -0.25) is 14.3 Å². The predicted octanol–water partition coefficient (Wildman–Crippen LogP) is 4.13. The van der Waals surface area contributed by atoms with E-state index in [1.165, 1.54) is 12.1 Å². The van der Waals surface area contributed by atoms with E-state index in [-0.39, 0.29) is 10.4 Å². The molecule has 4 N–H and O–H groups in total. The maximum Gasteiger partial charge on any atom is 0.314 e. The van der Waals surface area contributed by atoms with Crippen molar-refractivity contribution in [1.29, 1.82) is 0 Å². The molecule has 5 aromatic rings. The molecule has 10 heteroatoms. The van der Waals surface area contributed by atoms with Gasteiger partial charge in [0, 0.05) is 17.3 Å². The molecule has 0 saturated heterocycles. The highest BCUT2D eigenvalue weighted by Gasteiger charge is 2.19. The fourth-order valence-electron chi connectivity index (χ4n) is 3.79. The fourth-order valence-corrected chi connectivity index (χ4v) is 5.38. The first kappa shape index (κ1) is 21.0. The van der Waals surface area contributed by atoms with Gasteiger partial charge in [0.2, 0.25) is 0 Å². The topological polar surface area (TPSA) is 128 Å². The molecule has 166 valence electrons. The Bertz CT molecular complexity index is 1780. The second kappa shape index (κ2) is 7.65. The van der Waals surface area contributed by atoms with Crippen molar-refractivity contribution in [3.05, 3.63) is 92.1 Å². The van der Waals surface area contributed by atoms with Gasteiger partial charge in [-0.25, -0.2) is 8.42 Å². The van der Waals surface area contributed by atoms with Gasteiger partial charge in [-0.1, -0.05) is 23.7 Å². The van der Waals surface area contributed by atoms with Gasteiger partial charge in [-0.2, -0.15) is 0 Å². The second-order valence-electron chi connectivity index (χ2n) is 7.65. The van der Waals surface area contributed by atoms with Crippen molar-refractivity contribution in [2.75, 3.05) is 4.72 Å². The van der Waals surface area contributed by atoms with Crippen LogP contribution < -0.4 is 15.8 Å². The summed E-state index contributed by atoms with van der Waals surface area (Å²) in [4.78, 5) is 31.1. The number of anilines is 1. The van der Waals surface area contributed by atoms with E-state index in [0.717, 1.165) is 22.0 Å². The molecular formula is C23H17ClN4O4S. The van der Waals surface area contributed by atoms with Crippen LogP contribution >= 0.6 is 11.6 Å². The van der Waals surface area contributed by atoms with E-state index in [4.69, 9.17) is 11.6 Å². The largest absolute Gasteiger partial charge is 0.361 e. The minimum absolute atomic E-state index is 0.0317. The molecule has 0 saturated carbocycles. The molecule has 8 nitrogen and oxygen atoms in total. The van der Waals surface area contributed by atoms with Gasteiger partial charge >= 0.3 is 11.1 Å². The summed E-state index contributed by atoms with van der Waals surface area (Å²) in [5.41, 5.74) is 2.26. The minimum Gasteiger partial charge on any atom is -0.361 e. The molecule has 2 aromatic heterocycles. The van der Waals surface area contributed by atoms with Gasteiger partial charge in [-0.15, -0.1) is 0 Å². The summed E-state index contributed by atoms with van der Waals surface area (Å²) in [6, 6.07) is 15.6. The smallest absolute Gasteiger partial charge is 0.314 e. The molecule has 2 heterocycles. The van der Waals surface area contributed by atoms with Crippen molar-refractivity contribution in [1.82, 2.24) is 15.0 Å². The van der Waals surface area contributed by atoms with E-state index >= 15 is 0 Å². The first-order valence-electron chi connectivity index (χ1n) is 9.88. The lowest BCUT2D eigenvalue weighted by atomic mass is 10.0. The van der Waals surface area contributed by atoms with Crippen LogP contribution in [0.3, 0.4) is 0 Å². The lowest BCUT2D eigenvalue weighted by Gasteiger charge is -2.13. The predicted molar refractivity (Wildman–Crippen MR) is 129 cm³/mol. The zero-order valence-corrected chi connectivity index (χ0v) is 18.8. The Balaban J connectivity index is 1.50. The molecule has 0 aliphatic carbocycles. The van der Waals surface area contributed by atoms with Crippen LogP contribution in [0.25, 0.3) is 33.1 Å². The number of aromatic amines is 3. The molecule has 33 heavy (non-hydrogen) atoms. The number of H-pyrrole nitrogens is 3. The van der Waals surface area contributed by atoms with Crippen LogP contribution in [0.4, 0.5) is 5.69 Å². The summed E-state index contributed by atoms with van der Waals surface area (Å²) in [7, 11) is -4.00. The number of aryl methyl sites for hydroxylation is 1. The molecule has 0 radical (unpaired) electrons. The van der Waals surface area contributed by atoms with Crippen LogP contribution in [0.5, 0.6) is 0 Å². The molecular weight excluding hydrogens is 464 g/mol. The number of hydrogen-bond acceptors (Lipinski definition) is 4. The van der Waals surface area contributed by atoms with Crippen molar-refractivity contribution in [2.45, 2.75) is 11.8 Å². The standard InChI is InChI=1S/C23H17ClN4O4S/c1-12-8-19-20(27-23(30)22(29)26-19)11-21(12)33(31,32)28-15-3-4-16(17(24)10-15)13-2-5-18-14(9-13)6-7-25-18/h2-11,25,28H,1H3,(H,26,29)(H,27,30). The first-order valence-corrected chi connectivity index (χ1v) is 11.7. The average Bonchev–Trinajstić information content (AvgIpc) is 3.22. The van der Waals surface area contributed by atoms with Crippen LogP contribution in [-0.2, 0) is 10.0 Å². The van der Waals surface area contributed by atoms with Gasteiger partial charge < -0.3 is 15.0 Å². The minimum atomic E-state index is -4.00. The molecule has 0 aliphatic heterocycles. The summed E-state index contributed by atoms with van der Waals surface area (Å²) >= 11 is 6.49. The van der Waals surface area contributed by atoms with Gasteiger partial charge in [-0.05, 0) is 65.9 Å². The highest BCUT2D eigenvalue weighted by Crippen LogP contribution is 2.33. The number of rotatable bonds is 4. The van der Waals surface area contributed by atoms with Crippen molar-refractivity contribution in [3.63, 3.8) is 0 Å². The van der Waals surface area contributed by atoms with Gasteiger partial charge in [0.1, 0.15) is 0 Å². The molecule has 0 bridgehead atoms. The van der Waals surface area contributed by atoms with Crippen LogP contribution in [0.15, 0.2) is 75.3 Å². The molecule has 5 rings (SSSR count). The lowest BCUT2D eigenvalue weighted by molar-refractivity contribution is 0.600. The number of aromatic nitrogens is 3. The third-order valence-corrected chi connectivity index (χ3v) is 7.23. The molecule has 0 spiro atoms. The second-order valence-corrected chi connectivity index (χ2v) is 9.71. The molecule has 0 amide bonds. The van der Waals surface area contributed by atoms with Crippen molar-refractivity contribution < 1.29 is 8.42 Å². The number of fused-ring (bicyclic) bond motifs is 2. The summed E-state index contributed by atoms with van der Waals surface area (Å²) < 4.78 is 28.7. The van der Waals surface area contributed by atoms with E-state index in [9.17, 15) is 18.0 Å². The third kappa shape index (κ3) is 3.81. The Kier molecular flexibility index (Phi) is 4.88. The average molecular weight is 481 g/mol. The lowest BCUT2D eigenvalue weighted by Crippen LogP contribution is -2.29. The number of nitrogens with one attached hydrogen (secondary N) is 4. The fraction of sp³-hybridized carbons (Fsp3) is 0.0435. The van der Waals surface area contributed by atoms with Crippen molar-refractivity contribution >= 4 is 49.2 Å². The summed E-state index contributed by atoms with van der Waals surface area (Å²) in [6.07, 6.45) is 1.86. The van der Waals surface area contributed by atoms with Gasteiger partial charge in [0.05, 0.1) is 26.6 Å². The van der Waals surface area contributed by atoms with Crippen LogP contribution in [0.1, 0.15) is 5.56 Å². The molecule has 0 fully saturated rings. The zero-order valence-electron chi connectivity index (χ0n) is 17.2. The summed E-state index contributed by atoms with van der Waals surface area (Å²) in [5.74, 6) is 0. The van der Waals surface area contributed by atoms with Gasteiger partial charge in [0.25, 0.3) is 10.0 Å². The summed E-state index contributed by atoms with van der Waals surface area (Å²) in [6.45, 7) is 1.60. The monoisotopic (exact) mass is 480 g/mol. The Morgan fingerprint density at radius 1 is 0.848 bits per heavy atom. The SMILES string of the molecule is Cc1cc2[nH]c(=O)c(=O)[nH]c2cc1S(=O)(=O)Nc1ccc(-c2ccc3[nH]ccc3c2)c(Cl)c1. The molecule has 0 atom stereocenters. The molecule has 0 unspecified atom stereocenters. The van der Waals surface area contributed by atoms with E-state index < -0.39 is 21.1 Å². The highest BCUT2D eigenvalue weighted by atomic mass is 35.5. The Morgan fingerprint density at radius 2 is 1.58 bits per heavy atom. The summed E-state index contributed by atoms with van der Waals surface area (Å²) in [5, 5.41) is 1.43. The Hall–Kier alpha value is -3.82. The van der Waals surface area contributed by atoms with E-state index in [1.54, 1.807) is 25.1 Å². The normalized spacial score (nSPS) is 11.8. The van der Waals surface area contributed by atoms with Crippen molar-refractivity contribution in [2.24, 2.45) is 0 Å². The van der Waals surface area contributed by atoms with Crippen LogP contribution in [-0.4, -0.2) is 23.4 Å². The van der Waals surface area contributed by atoms with E-state index in [0.29, 0.717) is 21.8 Å². The quantitative estimate of drug-likeness (QED) is 0.288. The molecule has 3 aromatic carbocycles. The number of benzene rings is 3. The number of sulfonamides is 1. The highest BCUT2D eigenvalue weighted by molar-refractivity contribution is 7.92. The zero-order chi connectivity index (χ0) is 23.3. The van der Waals surface area contributed by atoms with E-state index in [1.807, 2.05) is 30.5 Å². The van der Waals surface area contributed by atoms with Gasteiger partial charge in [0.15, 0.2) is 0 Å². The number of halogens is 1. The first-order chi connectivity index (χ1) is 15.7.